The van der Waals surface area contributed by atoms with Crippen LogP contribution in [0.4, 0.5) is 10.5 Å². The first-order valence-corrected chi connectivity index (χ1v) is 7.50. The molecule has 6 nitrogen and oxygen atoms in total. The number of amides is 1. The second-order valence-corrected chi connectivity index (χ2v) is 5.23. The van der Waals surface area contributed by atoms with Crippen molar-refractivity contribution >= 4 is 11.8 Å². The number of pyridine rings is 1. The van der Waals surface area contributed by atoms with Crippen LogP contribution in [0.15, 0.2) is 12.3 Å². The van der Waals surface area contributed by atoms with Crippen LogP contribution in [0.1, 0.15) is 18.2 Å². The van der Waals surface area contributed by atoms with Crippen LogP contribution in [0.25, 0.3) is 0 Å². The summed E-state index contributed by atoms with van der Waals surface area (Å²) in [7, 11) is 0. The minimum absolute atomic E-state index is 0.236. The van der Waals surface area contributed by atoms with Crippen LogP contribution in [0.3, 0.4) is 0 Å². The quantitative estimate of drug-likeness (QED) is 0.825. The zero-order valence-corrected chi connectivity index (χ0v) is 12.4. The number of nitrogens with zero attached hydrogens (tertiary/aromatic N) is 3. The van der Waals surface area contributed by atoms with Gasteiger partial charge >= 0.3 is 6.09 Å². The van der Waals surface area contributed by atoms with Crippen molar-refractivity contribution < 1.29 is 14.3 Å². The highest BCUT2D eigenvalue weighted by Gasteiger charge is 2.26. The first-order chi connectivity index (χ1) is 10.3. The van der Waals surface area contributed by atoms with Gasteiger partial charge in [-0.1, -0.05) is 0 Å². The number of hydrogen-bond donors (Lipinski definition) is 0. The van der Waals surface area contributed by atoms with Crippen LogP contribution >= 0.6 is 0 Å². The molecular formula is C15H21N3O3. The summed E-state index contributed by atoms with van der Waals surface area (Å²) in [6.45, 7) is 6.76. The van der Waals surface area contributed by atoms with Crippen LogP contribution < -0.4 is 4.90 Å². The summed E-state index contributed by atoms with van der Waals surface area (Å²) in [4.78, 5) is 20.5. The molecule has 0 bridgehead atoms. The Morgan fingerprint density at radius 1 is 1.38 bits per heavy atom. The summed E-state index contributed by atoms with van der Waals surface area (Å²) in [6.07, 6.45) is 2.41. The average molecular weight is 291 g/mol. The molecule has 3 rings (SSSR count). The van der Waals surface area contributed by atoms with E-state index in [1.807, 2.05) is 19.2 Å². The first-order valence-electron chi connectivity index (χ1n) is 7.50. The average Bonchev–Trinajstić information content (AvgIpc) is 2.55. The van der Waals surface area contributed by atoms with Crippen LogP contribution in [-0.2, 0) is 22.4 Å². The molecular weight excluding hydrogens is 270 g/mol. The van der Waals surface area contributed by atoms with E-state index in [-0.39, 0.29) is 6.09 Å². The summed E-state index contributed by atoms with van der Waals surface area (Å²) < 4.78 is 10.5. The number of anilines is 1. The van der Waals surface area contributed by atoms with E-state index in [2.05, 4.69) is 9.88 Å². The van der Waals surface area contributed by atoms with E-state index in [0.717, 1.165) is 44.0 Å². The number of rotatable bonds is 2. The van der Waals surface area contributed by atoms with Crippen LogP contribution in [0, 0.1) is 0 Å². The van der Waals surface area contributed by atoms with E-state index in [1.165, 1.54) is 5.69 Å². The van der Waals surface area contributed by atoms with Crippen molar-refractivity contribution in [1.82, 2.24) is 9.88 Å². The predicted octanol–water partition coefficient (Wildman–Crippen LogP) is 1.43. The molecule has 1 saturated heterocycles. The summed E-state index contributed by atoms with van der Waals surface area (Å²) in [5, 5.41) is 0. The maximum atomic E-state index is 11.9. The van der Waals surface area contributed by atoms with E-state index in [1.54, 1.807) is 4.90 Å². The lowest BCUT2D eigenvalue weighted by Gasteiger charge is -2.34. The summed E-state index contributed by atoms with van der Waals surface area (Å²) >= 11 is 0. The second-order valence-electron chi connectivity index (χ2n) is 5.23. The Bertz CT molecular complexity index is 515. The third kappa shape index (κ3) is 2.95. The van der Waals surface area contributed by atoms with Gasteiger partial charge < -0.3 is 19.3 Å². The Morgan fingerprint density at radius 2 is 2.19 bits per heavy atom. The van der Waals surface area contributed by atoms with Gasteiger partial charge in [0.25, 0.3) is 0 Å². The van der Waals surface area contributed by atoms with Gasteiger partial charge in [0.1, 0.15) is 0 Å². The molecule has 1 aromatic rings. The minimum atomic E-state index is -0.236. The zero-order chi connectivity index (χ0) is 14.7. The molecule has 0 saturated carbocycles. The van der Waals surface area contributed by atoms with Gasteiger partial charge in [-0.05, 0) is 13.0 Å². The lowest BCUT2D eigenvalue weighted by atomic mass is 10.0. The SMILES string of the molecule is CCOC(=O)N1CCc2nccc(N3CCOCC3)c2C1. The summed E-state index contributed by atoms with van der Waals surface area (Å²) in [5.41, 5.74) is 3.43. The number of aromatic nitrogens is 1. The maximum absolute atomic E-state index is 11.9. The summed E-state index contributed by atoms with van der Waals surface area (Å²) in [6, 6.07) is 2.04. The van der Waals surface area contributed by atoms with Crippen molar-refractivity contribution in [2.45, 2.75) is 19.9 Å². The van der Waals surface area contributed by atoms with Gasteiger partial charge in [-0.3, -0.25) is 4.98 Å². The minimum Gasteiger partial charge on any atom is -0.450 e. The molecule has 2 aliphatic heterocycles. The van der Waals surface area contributed by atoms with E-state index < -0.39 is 0 Å². The number of carbonyl (C=O) groups is 1. The molecule has 21 heavy (non-hydrogen) atoms. The third-order valence-corrected chi connectivity index (χ3v) is 3.97. The number of morpholine rings is 1. The molecule has 114 valence electrons. The normalized spacial score (nSPS) is 18.3. The van der Waals surface area contributed by atoms with E-state index >= 15 is 0 Å². The Kier molecular flexibility index (Phi) is 4.24. The molecule has 0 N–H and O–H groups in total. The van der Waals surface area contributed by atoms with E-state index in [4.69, 9.17) is 9.47 Å². The topological polar surface area (TPSA) is 54.9 Å². The fourth-order valence-corrected chi connectivity index (χ4v) is 2.89. The van der Waals surface area contributed by atoms with E-state index in [9.17, 15) is 4.79 Å². The van der Waals surface area contributed by atoms with Crippen LogP contribution in [0.2, 0.25) is 0 Å². The predicted molar refractivity (Wildman–Crippen MR) is 78.4 cm³/mol. The fourth-order valence-electron chi connectivity index (χ4n) is 2.89. The Balaban J connectivity index is 1.83. The zero-order valence-electron chi connectivity index (χ0n) is 12.4. The molecule has 0 aliphatic carbocycles. The highest BCUT2D eigenvalue weighted by Crippen LogP contribution is 2.28. The Labute approximate surface area is 124 Å². The molecule has 0 unspecified atom stereocenters. The van der Waals surface area contributed by atoms with Gasteiger partial charge in [0.2, 0.25) is 0 Å². The Hall–Kier alpha value is -1.82. The second kappa shape index (κ2) is 6.30. The fraction of sp³-hybridized carbons (Fsp3) is 0.600. The van der Waals surface area contributed by atoms with Gasteiger partial charge in [-0.2, -0.15) is 0 Å². The molecule has 0 spiro atoms. The first kappa shape index (κ1) is 14.1. The molecule has 6 heteroatoms. The van der Waals surface area contributed by atoms with Crippen molar-refractivity contribution in [3.8, 4) is 0 Å². The lowest BCUT2D eigenvalue weighted by molar-refractivity contribution is 0.102. The largest absolute Gasteiger partial charge is 0.450 e. The molecule has 0 atom stereocenters. The maximum Gasteiger partial charge on any atom is 0.410 e. The molecule has 1 aromatic heterocycles. The standard InChI is InChI=1S/C15H21N3O3/c1-2-21-15(19)18-6-4-13-12(11-18)14(3-5-16-13)17-7-9-20-10-8-17/h3,5H,2,4,6-11H2,1H3. The molecule has 0 aromatic carbocycles. The molecule has 3 heterocycles. The van der Waals surface area contributed by atoms with Crippen molar-refractivity contribution in [3.63, 3.8) is 0 Å². The van der Waals surface area contributed by atoms with E-state index in [0.29, 0.717) is 19.7 Å². The highest BCUT2D eigenvalue weighted by molar-refractivity contribution is 5.69. The molecule has 1 fully saturated rings. The van der Waals surface area contributed by atoms with Crippen molar-refractivity contribution in [2.24, 2.45) is 0 Å². The highest BCUT2D eigenvalue weighted by atomic mass is 16.6. The summed E-state index contributed by atoms with van der Waals surface area (Å²) in [5.74, 6) is 0. The number of carbonyl (C=O) groups excluding carboxylic acids is 1. The lowest BCUT2D eigenvalue weighted by Crippen LogP contribution is -2.40. The molecule has 2 aliphatic rings. The number of fused-ring (bicyclic) bond motifs is 1. The van der Waals surface area contributed by atoms with Crippen molar-refractivity contribution in [1.29, 1.82) is 0 Å². The van der Waals surface area contributed by atoms with Gasteiger partial charge in [0.15, 0.2) is 0 Å². The number of hydrogen-bond acceptors (Lipinski definition) is 5. The molecule has 1 amide bonds. The monoisotopic (exact) mass is 291 g/mol. The Morgan fingerprint density at radius 3 is 2.95 bits per heavy atom. The van der Waals surface area contributed by atoms with Gasteiger partial charge in [-0.15, -0.1) is 0 Å². The van der Waals surface area contributed by atoms with Crippen LogP contribution in [-0.4, -0.2) is 55.4 Å². The van der Waals surface area contributed by atoms with Gasteiger partial charge in [0.05, 0.1) is 26.4 Å². The van der Waals surface area contributed by atoms with Gasteiger partial charge in [-0.25, -0.2) is 4.79 Å². The number of ether oxygens (including phenoxy) is 2. The third-order valence-electron chi connectivity index (χ3n) is 3.97. The van der Waals surface area contributed by atoms with Crippen molar-refractivity contribution in [3.05, 3.63) is 23.5 Å². The smallest absolute Gasteiger partial charge is 0.410 e. The molecule has 0 radical (unpaired) electrons. The van der Waals surface area contributed by atoms with Crippen molar-refractivity contribution in [2.75, 3.05) is 44.4 Å². The van der Waals surface area contributed by atoms with Gasteiger partial charge in [0, 0.05) is 49.2 Å². The van der Waals surface area contributed by atoms with Crippen LogP contribution in [0.5, 0.6) is 0 Å².